The molecule has 0 radical (unpaired) electrons. The van der Waals surface area contributed by atoms with Crippen LogP contribution in [-0.4, -0.2) is 18.4 Å². The van der Waals surface area contributed by atoms with E-state index in [1.165, 1.54) is 0 Å². The minimum atomic E-state index is -0.639. The molecule has 1 heterocycles. The summed E-state index contributed by atoms with van der Waals surface area (Å²) in [5.41, 5.74) is 8.45. The average molecular weight is 448 g/mol. The second-order valence-electron chi connectivity index (χ2n) is 9.15. The summed E-state index contributed by atoms with van der Waals surface area (Å²) in [4.78, 5) is 26.0. The van der Waals surface area contributed by atoms with Crippen LogP contribution in [0, 0.1) is 5.41 Å². The van der Waals surface area contributed by atoms with Gasteiger partial charge in [0, 0.05) is 18.4 Å². The molecule has 2 aromatic carbocycles. The molecule has 0 fully saturated rings. The number of ketones is 1. The van der Waals surface area contributed by atoms with E-state index in [2.05, 4.69) is 0 Å². The Kier molecular flexibility index (Phi) is 6.27. The van der Waals surface area contributed by atoms with Crippen molar-refractivity contribution in [2.45, 2.75) is 46.1 Å². The molecule has 2 aliphatic rings. The lowest BCUT2D eigenvalue weighted by Gasteiger charge is -2.37. The maximum Gasteiger partial charge on any atom is 0.340 e. The van der Waals surface area contributed by atoms with Gasteiger partial charge in [-0.15, -0.1) is 0 Å². The molecule has 6 heteroatoms. The number of carbonyl (C=O) groups excluding carboxylic acids is 2. The lowest BCUT2D eigenvalue weighted by Crippen LogP contribution is -2.35. The molecule has 0 amide bonds. The third kappa shape index (κ3) is 4.80. The van der Waals surface area contributed by atoms with Crippen LogP contribution < -0.4 is 10.5 Å². The largest absolute Gasteiger partial charge is 0.489 e. The Morgan fingerprint density at radius 3 is 2.45 bits per heavy atom. The van der Waals surface area contributed by atoms with E-state index in [4.69, 9.17) is 19.9 Å². The van der Waals surface area contributed by atoms with Gasteiger partial charge in [-0.05, 0) is 35.6 Å². The van der Waals surface area contributed by atoms with Crippen molar-refractivity contribution >= 4 is 11.8 Å². The van der Waals surface area contributed by atoms with Crippen LogP contribution in [0.3, 0.4) is 0 Å². The van der Waals surface area contributed by atoms with E-state index >= 15 is 0 Å². The summed E-state index contributed by atoms with van der Waals surface area (Å²) in [6.07, 6.45) is 0.944. The number of allylic oxidation sites excluding steroid dienone is 2. The fourth-order valence-electron chi connectivity index (χ4n) is 4.42. The molecule has 0 bridgehead atoms. The molecule has 1 atom stereocenters. The van der Waals surface area contributed by atoms with Gasteiger partial charge in [-0.25, -0.2) is 4.79 Å². The molecule has 0 saturated carbocycles. The quantitative estimate of drug-likeness (QED) is 0.643. The second-order valence-corrected chi connectivity index (χ2v) is 9.15. The summed E-state index contributed by atoms with van der Waals surface area (Å²) in [5.74, 6) is -0.0315. The average Bonchev–Trinajstić information content (AvgIpc) is 2.77. The molecular formula is C27H29NO5. The lowest BCUT2D eigenvalue weighted by atomic mass is 9.70. The molecule has 6 nitrogen and oxygen atoms in total. The predicted molar refractivity (Wildman–Crippen MR) is 124 cm³/mol. The Morgan fingerprint density at radius 1 is 1.09 bits per heavy atom. The Bertz CT molecular complexity index is 1110. The smallest absolute Gasteiger partial charge is 0.340 e. The van der Waals surface area contributed by atoms with Gasteiger partial charge < -0.3 is 19.9 Å². The zero-order chi connectivity index (χ0) is 23.6. The van der Waals surface area contributed by atoms with Crippen molar-refractivity contribution in [1.29, 1.82) is 0 Å². The van der Waals surface area contributed by atoms with Crippen LogP contribution >= 0.6 is 0 Å². The molecule has 0 aromatic heterocycles. The van der Waals surface area contributed by atoms with Crippen LogP contribution in [0.5, 0.6) is 5.75 Å². The number of ether oxygens (including phenoxy) is 3. The first-order chi connectivity index (χ1) is 15.8. The number of hydrogen-bond donors (Lipinski definition) is 1. The van der Waals surface area contributed by atoms with Gasteiger partial charge in [0.1, 0.15) is 23.7 Å². The Balaban J connectivity index is 1.67. The minimum Gasteiger partial charge on any atom is -0.489 e. The monoisotopic (exact) mass is 447 g/mol. The molecule has 172 valence electrons. The van der Waals surface area contributed by atoms with Crippen LogP contribution in [0.25, 0.3) is 0 Å². The van der Waals surface area contributed by atoms with Crippen molar-refractivity contribution in [2.24, 2.45) is 11.1 Å². The SMILES string of the molecule is CCOC(=O)C1=C(N)OC2=C(C(=O)CC(C)(C)C2)[C@H]1c1ccc(OCc2ccccc2)cc1. The molecule has 4 rings (SSSR count). The van der Waals surface area contributed by atoms with Gasteiger partial charge in [0.25, 0.3) is 0 Å². The predicted octanol–water partition coefficient (Wildman–Crippen LogP) is 4.76. The third-order valence-corrected chi connectivity index (χ3v) is 5.91. The van der Waals surface area contributed by atoms with Crippen molar-refractivity contribution in [3.63, 3.8) is 0 Å². The number of nitrogens with two attached hydrogens (primary N) is 1. The maximum atomic E-state index is 13.2. The Labute approximate surface area is 194 Å². The molecule has 0 spiro atoms. The van der Waals surface area contributed by atoms with Gasteiger partial charge in [0.2, 0.25) is 5.88 Å². The third-order valence-electron chi connectivity index (χ3n) is 5.91. The van der Waals surface area contributed by atoms with E-state index in [0.717, 1.165) is 11.1 Å². The first-order valence-corrected chi connectivity index (χ1v) is 11.2. The summed E-state index contributed by atoms with van der Waals surface area (Å²) >= 11 is 0. The number of rotatable bonds is 6. The van der Waals surface area contributed by atoms with Gasteiger partial charge in [-0.2, -0.15) is 0 Å². The van der Waals surface area contributed by atoms with E-state index in [1.54, 1.807) is 6.92 Å². The number of hydrogen-bond acceptors (Lipinski definition) is 6. The lowest BCUT2D eigenvalue weighted by molar-refractivity contribution is -0.139. The molecule has 0 unspecified atom stereocenters. The Morgan fingerprint density at radius 2 is 1.79 bits per heavy atom. The highest BCUT2D eigenvalue weighted by Gasteiger charge is 2.45. The van der Waals surface area contributed by atoms with E-state index < -0.39 is 11.9 Å². The topological polar surface area (TPSA) is 87.9 Å². The summed E-state index contributed by atoms with van der Waals surface area (Å²) in [6.45, 7) is 6.41. The van der Waals surface area contributed by atoms with Gasteiger partial charge >= 0.3 is 5.97 Å². The van der Waals surface area contributed by atoms with Crippen molar-refractivity contribution in [3.8, 4) is 5.75 Å². The first kappa shape index (κ1) is 22.6. The molecule has 33 heavy (non-hydrogen) atoms. The van der Waals surface area contributed by atoms with Crippen LogP contribution in [0.4, 0.5) is 0 Å². The highest BCUT2D eigenvalue weighted by molar-refractivity contribution is 6.03. The zero-order valence-electron chi connectivity index (χ0n) is 19.2. The standard InChI is InChI=1S/C27H29NO5/c1-4-31-26(30)24-22(23-20(29)14-27(2,3)15-21(23)33-25(24)28)18-10-12-19(13-11-18)32-16-17-8-6-5-7-9-17/h5-13,22H,4,14-16,28H2,1-3H3/t22-/m1/s1. The molecule has 2 N–H and O–H groups in total. The highest BCUT2D eigenvalue weighted by Crippen LogP contribution is 2.48. The van der Waals surface area contributed by atoms with Gasteiger partial charge in [-0.3, -0.25) is 4.79 Å². The summed E-state index contributed by atoms with van der Waals surface area (Å²) in [7, 11) is 0. The number of esters is 1. The molecular weight excluding hydrogens is 418 g/mol. The van der Waals surface area contributed by atoms with E-state index in [0.29, 0.717) is 36.5 Å². The minimum absolute atomic E-state index is 0.00731. The molecule has 0 saturated heterocycles. The first-order valence-electron chi connectivity index (χ1n) is 11.2. The van der Waals surface area contributed by atoms with Crippen LogP contribution in [0.1, 0.15) is 50.7 Å². The van der Waals surface area contributed by atoms with Gasteiger partial charge in [0.15, 0.2) is 5.78 Å². The molecule has 2 aromatic rings. The van der Waals surface area contributed by atoms with E-state index in [-0.39, 0.29) is 29.3 Å². The number of carbonyl (C=O) groups is 2. The van der Waals surface area contributed by atoms with Crippen LogP contribution in [0.2, 0.25) is 0 Å². The van der Waals surface area contributed by atoms with E-state index in [1.807, 2.05) is 68.4 Å². The fraction of sp³-hybridized carbons (Fsp3) is 0.333. The molecule has 1 aliphatic heterocycles. The summed E-state index contributed by atoms with van der Waals surface area (Å²) in [5, 5.41) is 0. The normalized spacial score (nSPS) is 19.6. The van der Waals surface area contributed by atoms with Gasteiger partial charge in [-0.1, -0.05) is 56.3 Å². The van der Waals surface area contributed by atoms with Crippen molar-refractivity contribution in [1.82, 2.24) is 0 Å². The highest BCUT2D eigenvalue weighted by atomic mass is 16.5. The fourth-order valence-corrected chi connectivity index (χ4v) is 4.42. The Hall–Kier alpha value is -3.54. The number of benzene rings is 2. The van der Waals surface area contributed by atoms with Gasteiger partial charge in [0.05, 0.1) is 12.5 Å². The maximum absolute atomic E-state index is 13.2. The summed E-state index contributed by atoms with van der Waals surface area (Å²) in [6, 6.07) is 17.3. The zero-order valence-corrected chi connectivity index (χ0v) is 19.2. The van der Waals surface area contributed by atoms with Crippen LogP contribution in [-0.2, 0) is 25.7 Å². The van der Waals surface area contributed by atoms with E-state index in [9.17, 15) is 9.59 Å². The van der Waals surface area contributed by atoms with Crippen LogP contribution in [0.15, 0.2) is 77.4 Å². The van der Waals surface area contributed by atoms with Crippen molar-refractivity contribution in [2.75, 3.05) is 6.61 Å². The van der Waals surface area contributed by atoms with Crippen molar-refractivity contribution < 1.29 is 23.8 Å². The van der Waals surface area contributed by atoms with Crippen molar-refractivity contribution in [3.05, 3.63) is 88.5 Å². The summed E-state index contributed by atoms with van der Waals surface area (Å²) < 4.78 is 17.0. The molecule has 1 aliphatic carbocycles. The number of Topliss-reactive ketones (excluding diaryl/α,β-unsaturated/α-hetero) is 1. The second kappa shape index (κ2) is 9.14.